The summed E-state index contributed by atoms with van der Waals surface area (Å²) in [7, 11) is 1.56. The maximum Gasteiger partial charge on any atom is 0.271 e. The molecule has 2 aromatic rings. The van der Waals surface area contributed by atoms with Crippen LogP contribution in [0.15, 0.2) is 41.5 Å². The van der Waals surface area contributed by atoms with Gasteiger partial charge in [0.2, 0.25) is 0 Å². The van der Waals surface area contributed by atoms with Crippen LogP contribution in [0.2, 0.25) is 10.0 Å². The zero-order valence-corrected chi connectivity index (χ0v) is 14.7. The SMILES string of the molecule is CCOc1ccc(/C=N\NC(=O)c2ccc(Cl)c(Cl)c2)cc1OC. The molecule has 24 heavy (non-hydrogen) atoms. The summed E-state index contributed by atoms with van der Waals surface area (Å²) >= 11 is 11.7. The average molecular weight is 367 g/mol. The molecule has 0 aliphatic carbocycles. The van der Waals surface area contributed by atoms with Gasteiger partial charge in [0.15, 0.2) is 11.5 Å². The molecule has 0 fully saturated rings. The molecule has 0 bridgehead atoms. The Hall–Kier alpha value is -2.24. The number of hydrogen-bond acceptors (Lipinski definition) is 4. The van der Waals surface area contributed by atoms with Gasteiger partial charge in [0.25, 0.3) is 5.91 Å². The lowest BCUT2D eigenvalue weighted by Crippen LogP contribution is -2.17. The second kappa shape index (κ2) is 8.57. The molecule has 5 nitrogen and oxygen atoms in total. The zero-order chi connectivity index (χ0) is 17.5. The summed E-state index contributed by atoms with van der Waals surface area (Å²) in [6.45, 7) is 2.44. The number of carbonyl (C=O) groups is 1. The van der Waals surface area contributed by atoms with E-state index >= 15 is 0 Å². The molecule has 0 radical (unpaired) electrons. The number of hydrogen-bond donors (Lipinski definition) is 1. The highest BCUT2D eigenvalue weighted by Gasteiger charge is 2.07. The summed E-state index contributed by atoms with van der Waals surface area (Å²) in [4.78, 5) is 12.0. The van der Waals surface area contributed by atoms with Crippen molar-refractivity contribution in [2.45, 2.75) is 6.92 Å². The largest absolute Gasteiger partial charge is 0.493 e. The molecule has 2 rings (SSSR count). The summed E-state index contributed by atoms with van der Waals surface area (Å²) < 4.78 is 10.7. The van der Waals surface area contributed by atoms with Crippen LogP contribution in [-0.4, -0.2) is 25.8 Å². The molecule has 0 aromatic heterocycles. The number of amides is 1. The zero-order valence-electron chi connectivity index (χ0n) is 13.2. The Morgan fingerprint density at radius 2 is 1.96 bits per heavy atom. The van der Waals surface area contributed by atoms with E-state index < -0.39 is 0 Å². The summed E-state index contributed by atoms with van der Waals surface area (Å²) in [6.07, 6.45) is 1.51. The van der Waals surface area contributed by atoms with E-state index in [-0.39, 0.29) is 5.91 Å². The van der Waals surface area contributed by atoms with E-state index in [0.717, 1.165) is 5.56 Å². The highest BCUT2D eigenvalue weighted by Crippen LogP contribution is 2.27. The standard InChI is InChI=1S/C17H16Cl2N2O3/c1-3-24-15-7-4-11(8-16(15)23-2)10-20-21-17(22)12-5-6-13(18)14(19)9-12/h4-10H,3H2,1-2H3,(H,21,22)/b20-10-. The average Bonchev–Trinajstić information content (AvgIpc) is 2.58. The summed E-state index contributed by atoms with van der Waals surface area (Å²) in [5.41, 5.74) is 3.55. The highest BCUT2D eigenvalue weighted by atomic mass is 35.5. The van der Waals surface area contributed by atoms with Gasteiger partial charge in [-0.05, 0) is 48.9 Å². The minimum absolute atomic E-state index is 0.310. The molecule has 1 amide bonds. The second-order valence-corrected chi connectivity index (χ2v) is 5.49. The van der Waals surface area contributed by atoms with Crippen LogP contribution in [0, 0.1) is 0 Å². The molecule has 0 heterocycles. The summed E-state index contributed by atoms with van der Waals surface area (Å²) in [5, 5.41) is 4.62. The maximum atomic E-state index is 12.0. The van der Waals surface area contributed by atoms with Crippen molar-refractivity contribution in [1.29, 1.82) is 0 Å². The molecule has 0 unspecified atom stereocenters. The topological polar surface area (TPSA) is 59.9 Å². The number of methoxy groups -OCH3 is 1. The quantitative estimate of drug-likeness (QED) is 0.616. The monoisotopic (exact) mass is 366 g/mol. The number of halogens is 2. The van der Waals surface area contributed by atoms with Gasteiger partial charge in [0, 0.05) is 5.56 Å². The first-order chi connectivity index (χ1) is 11.5. The predicted molar refractivity (Wildman–Crippen MR) is 95.7 cm³/mol. The number of benzene rings is 2. The number of hydrazone groups is 1. The fourth-order valence-corrected chi connectivity index (χ4v) is 2.20. The van der Waals surface area contributed by atoms with E-state index in [1.165, 1.54) is 12.3 Å². The van der Waals surface area contributed by atoms with Gasteiger partial charge in [-0.25, -0.2) is 5.43 Å². The third-order valence-corrected chi connectivity index (χ3v) is 3.79. The van der Waals surface area contributed by atoms with E-state index in [4.69, 9.17) is 32.7 Å². The van der Waals surface area contributed by atoms with Gasteiger partial charge in [0.05, 0.1) is 30.0 Å². The molecule has 0 atom stereocenters. The smallest absolute Gasteiger partial charge is 0.271 e. The van der Waals surface area contributed by atoms with Crippen LogP contribution in [0.3, 0.4) is 0 Å². The fourth-order valence-electron chi connectivity index (χ4n) is 1.91. The van der Waals surface area contributed by atoms with Gasteiger partial charge in [-0.1, -0.05) is 23.2 Å². The van der Waals surface area contributed by atoms with Gasteiger partial charge in [-0.15, -0.1) is 0 Å². The van der Waals surface area contributed by atoms with E-state index in [2.05, 4.69) is 10.5 Å². The normalized spacial score (nSPS) is 10.7. The Bertz CT molecular complexity index is 763. The first-order valence-corrected chi connectivity index (χ1v) is 7.90. The molecule has 0 saturated carbocycles. The number of rotatable bonds is 6. The minimum atomic E-state index is -0.386. The van der Waals surface area contributed by atoms with Crippen LogP contribution in [0.1, 0.15) is 22.8 Å². The highest BCUT2D eigenvalue weighted by molar-refractivity contribution is 6.42. The molecular weight excluding hydrogens is 351 g/mol. The fraction of sp³-hybridized carbons (Fsp3) is 0.176. The second-order valence-electron chi connectivity index (χ2n) is 4.67. The first-order valence-electron chi connectivity index (χ1n) is 7.14. The Balaban J connectivity index is 2.05. The molecule has 0 aliphatic rings. The molecule has 1 N–H and O–H groups in total. The van der Waals surface area contributed by atoms with Crippen LogP contribution in [0.4, 0.5) is 0 Å². The van der Waals surface area contributed by atoms with Crippen molar-refractivity contribution in [3.8, 4) is 11.5 Å². The number of nitrogens with zero attached hydrogens (tertiary/aromatic N) is 1. The van der Waals surface area contributed by atoms with Crippen molar-refractivity contribution in [3.05, 3.63) is 57.6 Å². The van der Waals surface area contributed by atoms with E-state index in [9.17, 15) is 4.79 Å². The van der Waals surface area contributed by atoms with Crippen LogP contribution >= 0.6 is 23.2 Å². The van der Waals surface area contributed by atoms with Gasteiger partial charge in [-0.2, -0.15) is 5.10 Å². The van der Waals surface area contributed by atoms with Crippen molar-refractivity contribution in [2.75, 3.05) is 13.7 Å². The Morgan fingerprint density at radius 1 is 1.17 bits per heavy atom. The third-order valence-electron chi connectivity index (χ3n) is 3.05. The van der Waals surface area contributed by atoms with E-state index in [1.54, 1.807) is 31.4 Å². The van der Waals surface area contributed by atoms with Gasteiger partial charge in [-0.3, -0.25) is 4.79 Å². The first kappa shape index (κ1) is 18.1. The number of ether oxygens (including phenoxy) is 2. The molecule has 126 valence electrons. The molecule has 7 heteroatoms. The van der Waals surface area contributed by atoms with E-state index in [1.807, 2.05) is 13.0 Å². The van der Waals surface area contributed by atoms with Crippen molar-refractivity contribution in [2.24, 2.45) is 5.10 Å². The Labute approximate surface area is 150 Å². The molecule has 2 aromatic carbocycles. The third kappa shape index (κ3) is 4.63. The lowest BCUT2D eigenvalue weighted by molar-refractivity contribution is 0.0955. The minimum Gasteiger partial charge on any atom is -0.493 e. The van der Waals surface area contributed by atoms with Crippen LogP contribution in [0.25, 0.3) is 0 Å². The number of carbonyl (C=O) groups excluding carboxylic acids is 1. The lowest BCUT2D eigenvalue weighted by atomic mass is 10.2. The van der Waals surface area contributed by atoms with Crippen molar-refractivity contribution < 1.29 is 14.3 Å². The van der Waals surface area contributed by atoms with Crippen LogP contribution < -0.4 is 14.9 Å². The van der Waals surface area contributed by atoms with E-state index in [0.29, 0.717) is 33.7 Å². The Kier molecular flexibility index (Phi) is 6.46. The summed E-state index contributed by atoms with van der Waals surface area (Å²) in [5.74, 6) is 0.858. The van der Waals surface area contributed by atoms with Gasteiger partial charge in [0.1, 0.15) is 0 Å². The molecule has 0 spiro atoms. The van der Waals surface area contributed by atoms with Crippen molar-refractivity contribution >= 4 is 35.3 Å². The van der Waals surface area contributed by atoms with Gasteiger partial charge >= 0.3 is 0 Å². The Morgan fingerprint density at radius 3 is 2.62 bits per heavy atom. The van der Waals surface area contributed by atoms with Gasteiger partial charge < -0.3 is 9.47 Å². The molecular formula is C17H16Cl2N2O3. The molecule has 0 aliphatic heterocycles. The van der Waals surface area contributed by atoms with Crippen LogP contribution in [0.5, 0.6) is 11.5 Å². The maximum absolute atomic E-state index is 12.0. The van der Waals surface area contributed by atoms with Crippen molar-refractivity contribution in [3.63, 3.8) is 0 Å². The predicted octanol–water partition coefficient (Wildman–Crippen LogP) is 4.16. The number of nitrogens with one attached hydrogen (secondary N) is 1. The summed E-state index contributed by atoms with van der Waals surface area (Å²) in [6, 6.07) is 9.96. The van der Waals surface area contributed by atoms with Crippen LogP contribution in [-0.2, 0) is 0 Å². The van der Waals surface area contributed by atoms with Crippen molar-refractivity contribution in [1.82, 2.24) is 5.43 Å². The lowest BCUT2D eigenvalue weighted by Gasteiger charge is -2.09. The molecule has 0 saturated heterocycles.